The van der Waals surface area contributed by atoms with Gasteiger partial charge in [0.25, 0.3) is 0 Å². The number of rotatable bonds is 6. The number of urea groups is 1. The molecule has 2 N–H and O–H groups in total. The third-order valence-electron chi connectivity index (χ3n) is 2.61. The fourth-order valence-electron chi connectivity index (χ4n) is 1.63. The van der Waals surface area contributed by atoms with Crippen LogP contribution in [-0.2, 0) is 13.6 Å². The maximum Gasteiger partial charge on any atom is 0.315 e. The minimum Gasteiger partial charge on any atom is -0.475 e. The molecule has 2 amide bonds. The van der Waals surface area contributed by atoms with E-state index in [1.807, 2.05) is 13.2 Å². The highest BCUT2D eigenvalue weighted by Crippen LogP contribution is 2.24. The summed E-state index contributed by atoms with van der Waals surface area (Å²) in [6, 6.07) is 1.25. The van der Waals surface area contributed by atoms with Gasteiger partial charge >= 0.3 is 6.03 Å². The standard InChI is InChI=1S/C13H15Cl2N5O2/c1-20-8-9(6-19-20)5-18-13(21)16-2-3-22-12-11(15)4-10(14)7-17-12/h4,6-8H,2-3,5H2,1H3,(H2,16,18,21). The van der Waals surface area contributed by atoms with Crippen molar-refractivity contribution < 1.29 is 9.53 Å². The Kier molecular flexibility index (Phi) is 5.85. The van der Waals surface area contributed by atoms with Crippen LogP contribution in [0.25, 0.3) is 0 Å². The van der Waals surface area contributed by atoms with Crippen LogP contribution in [0.5, 0.6) is 5.88 Å². The van der Waals surface area contributed by atoms with E-state index in [1.54, 1.807) is 16.9 Å². The molecule has 0 atom stereocenters. The molecule has 9 heteroatoms. The Labute approximate surface area is 137 Å². The molecule has 118 valence electrons. The van der Waals surface area contributed by atoms with Gasteiger partial charge in [-0.15, -0.1) is 0 Å². The van der Waals surface area contributed by atoms with Crippen molar-refractivity contribution >= 4 is 29.2 Å². The smallest absolute Gasteiger partial charge is 0.315 e. The van der Waals surface area contributed by atoms with E-state index in [-0.39, 0.29) is 18.5 Å². The highest BCUT2D eigenvalue weighted by molar-refractivity contribution is 6.35. The van der Waals surface area contributed by atoms with E-state index in [4.69, 9.17) is 27.9 Å². The first kappa shape index (κ1) is 16.4. The van der Waals surface area contributed by atoms with Gasteiger partial charge in [-0.2, -0.15) is 5.10 Å². The van der Waals surface area contributed by atoms with Crippen molar-refractivity contribution in [1.29, 1.82) is 0 Å². The lowest BCUT2D eigenvalue weighted by Gasteiger charge is -2.09. The monoisotopic (exact) mass is 343 g/mol. The SMILES string of the molecule is Cn1cc(CNC(=O)NCCOc2ncc(Cl)cc2Cl)cn1. The molecule has 0 bridgehead atoms. The normalized spacial score (nSPS) is 10.3. The fourth-order valence-corrected chi connectivity index (χ4v) is 2.06. The van der Waals surface area contributed by atoms with Crippen LogP contribution in [0.2, 0.25) is 10.0 Å². The van der Waals surface area contributed by atoms with Crippen LogP contribution in [0.3, 0.4) is 0 Å². The van der Waals surface area contributed by atoms with Crippen LogP contribution < -0.4 is 15.4 Å². The zero-order valence-electron chi connectivity index (χ0n) is 11.8. The fraction of sp³-hybridized carbons (Fsp3) is 0.308. The van der Waals surface area contributed by atoms with Crippen LogP contribution >= 0.6 is 23.2 Å². The average molecular weight is 344 g/mol. The van der Waals surface area contributed by atoms with Crippen molar-refractivity contribution in [2.45, 2.75) is 6.54 Å². The summed E-state index contributed by atoms with van der Waals surface area (Å²) in [5, 5.41) is 10.2. The lowest BCUT2D eigenvalue weighted by Crippen LogP contribution is -2.37. The molecule has 0 aromatic carbocycles. The highest BCUT2D eigenvalue weighted by Gasteiger charge is 2.05. The van der Waals surface area contributed by atoms with Gasteiger partial charge < -0.3 is 15.4 Å². The summed E-state index contributed by atoms with van der Waals surface area (Å²) in [6.45, 7) is 0.971. The Hall–Kier alpha value is -1.99. The van der Waals surface area contributed by atoms with Gasteiger partial charge in [-0.25, -0.2) is 9.78 Å². The van der Waals surface area contributed by atoms with Gasteiger partial charge in [0.2, 0.25) is 5.88 Å². The molecular formula is C13H15Cl2N5O2. The molecule has 0 radical (unpaired) electrons. The molecule has 0 fully saturated rings. The minimum absolute atomic E-state index is 0.245. The van der Waals surface area contributed by atoms with E-state index in [1.165, 1.54) is 6.20 Å². The Bertz CT molecular complexity index is 647. The molecule has 0 aliphatic heterocycles. The number of aromatic nitrogens is 3. The van der Waals surface area contributed by atoms with Gasteiger partial charge in [0.05, 0.1) is 17.8 Å². The number of ether oxygens (including phenoxy) is 1. The molecule has 2 heterocycles. The zero-order valence-corrected chi connectivity index (χ0v) is 13.4. The van der Waals surface area contributed by atoms with Crippen molar-refractivity contribution in [1.82, 2.24) is 25.4 Å². The van der Waals surface area contributed by atoms with E-state index < -0.39 is 0 Å². The molecule has 0 spiro atoms. The first-order valence-corrected chi connectivity index (χ1v) is 7.23. The predicted molar refractivity (Wildman–Crippen MR) is 83.2 cm³/mol. The van der Waals surface area contributed by atoms with Crippen molar-refractivity contribution in [3.8, 4) is 5.88 Å². The van der Waals surface area contributed by atoms with Gasteiger partial charge in [0.1, 0.15) is 11.6 Å². The summed E-state index contributed by atoms with van der Waals surface area (Å²) < 4.78 is 7.02. The topological polar surface area (TPSA) is 81.1 Å². The second-order valence-corrected chi connectivity index (χ2v) is 5.26. The summed E-state index contributed by atoms with van der Waals surface area (Å²) in [4.78, 5) is 15.5. The summed E-state index contributed by atoms with van der Waals surface area (Å²) in [7, 11) is 1.82. The molecule has 0 unspecified atom stereocenters. The first-order chi connectivity index (χ1) is 10.5. The minimum atomic E-state index is -0.289. The number of nitrogens with one attached hydrogen (secondary N) is 2. The number of hydrogen-bond acceptors (Lipinski definition) is 4. The van der Waals surface area contributed by atoms with Gasteiger partial charge in [0.15, 0.2) is 0 Å². The number of aryl methyl sites for hydroxylation is 1. The number of carbonyl (C=O) groups is 1. The molecular weight excluding hydrogens is 329 g/mol. The van der Waals surface area contributed by atoms with Crippen molar-refractivity contribution in [3.63, 3.8) is 0 Å². The summed E-state index contributed by atoms with van der Waals surface area (Å²) >= 11 is 11.6. The largest absolute Gasteiger partial charge is 0.475 e. The van der Waals surface area contributed by atoms with Crippen LogP contribution in [0.15, 0.2) is 24.7 Å². The summed E-state index contributed by atoms with van der Waals surface area (Å²) in [5.41, 5.74) is 0.922. The number of pyridine rings is 1. The van der Waals surface area contributed by atoms with E-state index in [0.717, 1.165) is 5.56 Å². The zero-order chi connectivity index (χ0) is 15.9. The Morgan fingerprint density at radius 1 is 1.36 bits per heavy atom. The molecule has 0 saturated carbocycles. The van der Waals surface area contributed by atoms with E-state index in [0.29, 0.717) is 23.1 Å². The lowest BCUT2D eigenvalue weighted by molar-refractivity contribution is 0.235. The van der Waals surface area contributed by atoms with Crippen LogP contribution in [-0.4, -0.2) is 33.9 Å². The molecule has 2 aromatic rings. The molecule has 7 nitrogen and oxygen atoms in total. The second-order valence-electron chi connectivity index (χ2n) is 4.42. The number of hydrogen-bond donors (Lipinski definition) is 2. The Balaban J connectivity index is 1.64. The number of nitrogens with zero attached hydrogens (tertiary/aromatic N) is 3. The van der Waals surface area contributed by atoms with E-state index >= 15 is 0 Å². The summed E-state index contributed by atoms with van der Waals surface area (Å²) in [6.07, 6.45) is 4.96. The average Bonchev–Trinajstić information content (AvgIpc) is 2.89. The van der Waals surface area contributed by atoms with Gasteiger partial charge in [-0.05, 0) is 6.07 Å². The number of carbonyl (C=O) groups excluding carboxylic acids is 1. The molecule has 0 aliphatic carbocycles. The predicted octanol–water partition coefficient (Wildman–Crippen LogP) is 2.00. The van der Waals surface area contributed by atoms with Crippen LogP contribution in [0.4, 0.5) is 4.79 Å². The molecule has 2 aromatic heterocycles. The molecule has 22 heavy (non-hydrogen) atoms. The quantitative estimate of drug-likeness (QED) is 0.786. The highest BCUT2D eigenvalue weighted by atomic mass is 35.5. The Morgan fingerprint density at radius 3 is 2.86 bits per heavy atom. The van der Waals surface area contributed by atoms with Crippen LogP contribution in [0, 0.1) is 0 Å². The lowest BCUT2D eigenvalue weighted by atomic mass is 10.4. The third-order valence-corrected chi connectivity index (χ3v) is 3.09. The molecule has 2 rings (SSSR count). The number of halogens is 2. The Morgan fingerprint density at radius 2 is 2.18 bits per heavy atom. The van der Waals surface area contributed by atoms with Gasteiger partial charge in [-0.1, -0.05) is 23.2 Å². The molecule has 0 aliphatic rings. The summed E-state index contributed by atoms with van der Waals surface area (Å²) in [5.74, 6) is 0.281. The van der Waals surface area contributed by atoms with Crippen molar-refractivity contribution in [3.05, 3.63) is 40.3 Å². The van der Waals surface area contributed by atoms with Crippen LogP contribution in [0.1, 0.15) is 5.56 Å². The second kappa shape index (κ2) is 7.86. The number of amides is 2. The maximum atomic E-state index is 11.6. The third kappa shape index (κ3) is 5.09. The van der Waals surface area contributed by atoms with Gasteiger partial charge in [-0.3, -0.25) is 4.68 Å². The maximum absolute atomic E-state index is 11.6. The van der Waals surface area contributed by atoms with E-state index in [2.05, 4.69) is 20.7 Å². The van der Waals surface area contributed by atoms with Crippen molar-refractivity contribution in [2.24, 2.45) is 7.05 Å². The molecule has 0 saturated heterocycles. The first-order valence-electron chi connectivity index (χ1n) is 6.47. The van der Waals surface area contributed by atoms with E-state index in [9.17, 15) is 4.79 Å². The van der Waals surface area contributed by atoms with Gasteiger partial charge in [0, 0.05) is 31.5 Å². The van der Waals surface area contributed by atoms with Crippen molar-refractivity contribution in [2.75, 3.05) is 13.2 Å².